The van der Waals surface area contributed by atoms with E-state index in [9.17, 15) is 9.59 Å². The molecule has 1 atom stereocenters. The fraction of sp³-hybridized carbons (Fsp3) is 0.619. The van der Waals surface area contributed by atoms with Gasteiger partial charge in [-0.3, -0.25) is 14.5 Å². The lowest BCUT2D eigenvalue weighted by molar-refractivity contribution is -0.139. The van der Waals surface area contributed by atoms with Crippen molar-refractivity contribution in [3.8, 4) is 0 Å². The van der Waals surface area contributed by atoms with Crippen LogP contribution in [0.4, 0.5) is 5.69 Å². The number of amides is 2. The van der Waals surface area contributed by atoms with Gasteiger partial charge in [0.25, 0.3) is 0 Å². The number of nitrogens with one attached hydrogen (secondary N) is 2. The second-order valence-electron chi connectivity index (χ2n) is 7.88. The molecular formula is C21H33N5O2. The van der Waals surface area contributed by atoms with E-state index >= 15 is 0 Å². The molecule has 0 aliphatic carbocycles. The minimum absolute atomic E-state index is 0.0767. The van der Waals surface area contributed by atoms with Crippen LogP contribution in [-0.4, -0.2) is 81.5 Å². The fourth-order valence-electron chi connectivity index (χ4n) is 3.97. The molecule has 0 spiro atoms. The number of fused-ring (bicyclic) bond motifs is 1. The third-order valence-corrected chi connectivity index (χ3v) is 5.79. The first-order valence-corrected chi connectivity index (χ1v) is 10.3. The molecule has 154 valence electrons. The molecule has 7 nitrogen and oxygen atoms in total. The average Bonchev–Trinajstić information content (AvgIpc) is 3.07. The molecule has 0 bridgehead atoms. The van der Waals surface area contributed by atoms with Crippen molar-refractivity contribution in [1.82, 2.24) is 20.4 Å². The smallest absolute Gasteiger partial charge is 0.309 e. The van der Waals surface area contributed by atoms with Gasteiger partial charge in [-0.05, 0) is 37.1 Å². The Bertz CT molecular complexity index is 700. The molecule has 0 radical (unpaired) electrons. The zero-order valence-corrected chi connectivity index (χ0v) is 17.3. The third kappa shape index (κ3) is 4.83. The van der Waals surface area contributed by atoms with Gasteiger partial charge in [-0.1, -0.05) is 19.1 Å². The molecule has 3 rings (SSSR count). The monoisotopic (exact) mass is 387 g/mol. The Morgan fingerprint density at radius 3 is 2.46 bits per heavy atom. The van der Waals surface area contributed by atoms with E-state index in [1.54, 1.807) is 0 Å². The molecular weight excluding hydrogens is 354 g/mol. The first-order chi connectivity index (χ1) is 13.5. The quantitative estimate of drug-likeness (QED) is 0.700. The summed E-state index contributed by atoms with van der Waals surface area (Å²) >= 11 is 0. The Morgan fingerprint density at radius 2 is 1.75 bits per heavy atom. The Kier molecular flexibility index (Phi) is 6.91. The van der Waals surface area contributed by atoms with Gasteiger partial charge in [0.1, 0.15) is 0 Å². The van der Waals surface area contributed by atoms with E-state index in [4.69, 9.17) is 0 Å². The Hall–Kier alpha value is -2.12. The molecule has 2 aliphatic heterocycles. The largest absolute Gasteiger partial charge is 0.374 e. The van der Waals surface area contributed by atoms with Gasteiger partial charge in [-0.25, -0.2) is 0 Å². The van der Waals surface area contributed by atoms with Gasteiger partial charge in [-0.2, -0.15) is 0 Å². The predicted molar refractivity (Wildman–Crippen MR) is 112 cm³/mol. The molecule has 0 aromatic heterocycles. The summed E-state index contributed by atoms with van der Waals surface area (Å²) in [5.74, 6) is -1.09. The van der Waals surface area contributed by atoms with E-state index in [-0.39, 0.29) is 6.04 Å². The number of carbonyl (C=O) groups is 2. The molecule has 7 heteroatoms. The van der Waals surface area contributed by atoms with Crippen molar-refractivity contribution in [2.75, 3.05) is 64.8 Å². The number of rotatable bonds is 6. The Morgan fingerprint density at radius 1 is 1.04 bits per heavy atom. The SMILES string of the molecule is CCCNC(=O)C(=O)NC[C@H](c1ccc2c(c1)CCN2C)N1CCN(C)CC1. The molecule has 1 aromatic rings. The minimum atomic E-state index is -0.548. The van der Waals surface area contributed by atoms with Crippen molar-refractivity contribution in [2.45, 2.75) is 25.8 Å². The number of nitrogens with zero attached hydrogens (tertiary/aromatic N) is 3. The lowest BCUT2D eigenvalue weighted by atomic mass is 10.00. The van der Waals surface area contributed by atoms with Crippen molar-refractivity contribution < 1.29 is 9.59 Å². The summed E-state index contributed by atoms with van der Waals surface area (Å²) in [6.45, 7) is 7.90. The highest BCUT2D eigenvalue weighted by atomic mass is 16.2. The van der Waals surface area contributed by atoms with Crippen LogP contribution in [0.15, 0.2) is 18.2 Å². The molecule has 2 heterocycles. The van der Waals surface area contributed by atoms with Crippen LogP contribution < -0.4 is 15.5 Å². The molecule has 2 amide bonds. The molecule has 2 N–H and O–H groups in total. The standard InChI is InChI=1S/C21H33N5O2/c1-4-8-22-20(27)21(28)23-15-19(26-12-10-24(2)11-13-26)16-5-6-18-17(14-16)7-9-25(18)3/h5-6,14,19H,4,7-13,15H2,1-3H3,(H,22,27)(H,23,28)/t19-/m1/s1. The summed E-state index contributed by atoms with van der Waals surface area (Å²) in [7, 11) is 4.26. The highest BCUT2D eigenvalue weighted by molar-refractivity contribution is 6.35. The maximum absolute atomic E-state index is 12.2. The molecule has 0 unspecified atom stereocenters. The molecule has 0 saturated carbocycles. The molecule has 1 saturated heterocycles. The van der Waals surface area contributed by atoms with Crippen molar-refractivity contribution >= 4 is 17.5 Å². The zero-order valence-electron chi connectivity index (χ0n) is 17.3. The molecule has 28 heavy (non-hydrogen) atoms. The van der Waals surface area contributed by atoms with E-state index in [1.807, 2.05) is 6.92 Å². The lowest BCUT2D eigenvalue weighted by Crippen LogP contribution is -2.49. The van der Waals surface area contributed by atoms with Gasteiger partial charge >= 0.3 is 11.8 Å². The van der Waals surface area contributed by atoms with E-state index in [1.165, 1.54) is 16.8 Å². The average molecular weight is 388 g/mol. The van der Waals surface area contributed by atoms with Gasteiger partial charge in [0.05, 0.1) is 6.04 Å². The first-order valence-electron chi connectivity index (χ1n) is 10.3. The van der Waals surface area contributed by atoms with E-state index in [2.05, 4.69) is 57.6 Å². The van der Waals surface area contributed by atoms with Crippen LogP contribution in [0.1, 0.15) is 30.5 Å². The zero-order chi connectivity index (χ0) is 20.1. The molecule has 2 aliphatic rings. The van der Waals surface area contributed by atoms with Gasteiger partial charge in [0.15, 0.2) is 0 Å². The highest BCUT2D eigenvalue weighted by Crippen LogP contribution is 2.31. The van der Waals surface area contributed by atoms with Crippen molar-refractivity contribution in [3.05, 3.63) is 29.3 Å². The van der Waals surface area contributed by atoms with Crippen LogP contribution in [0, 0.1) is 0 Å². The van der Waals surface area contributed by atoms with Crippen LogP contribution in [0.5, 0.6) is 0 Å². The van der Waals surface area contributed by atoms with Gasteiger partial charge in [0, 0.05) is 58.5 Å². The number of piperazine rings is 1. The number of likely N-dealkylation sites (N-methyl/N-ethyl adjacent to an activating group) is 2. The highest BCUT2D eigenvalue weighted by Gasteiger charge is 2.27. The van der Waals surface area contributed by atoms with E-state index in [0.29, 0.717) is 13.1 Å². The van der Waals surface area contributed by atoms with Crippen LogP contribution in [0.25, 0.3) is 0 Å². The maximum atomic E-state index is 12.2. The predicted octanol–water partition coefficient (Wildman–Crippen LogP) is 0.610. The number of hydrogen-bond acceptors (Lipinski definition) is 5. The van der Waals surface area contributed by atoms with Gasteiger partial charge in [0.2, 0.25) is 0 Å². The third-order valence-electron chi connectivity index (χ3n) is 5.79. The second kappa shape index (κ2) is 9.39. The summed E-state index contributed by atoms with van der Waals surface area (Å²) in [6, 6.07) is 6.72. The van der Waals surface area contributed by atoms with Gasteiger partial charge in [-0.15, -0.1) is 0 Å². The number of benzene rings is 1. The number of hydrogen-bond donors (Lipinski definition) is 2. The van der Waals surface area contributed by atoms with Crippen LogP contribution in [-0.2, 0) is 16.0 Å². The summed E-state index contributed by atoms with van der Waals surface area (Å²) in [4.78, 5) is 31.1. The Balaban J connectivity index is 1.72. The summed E-state index contributed by atoms with van der Waals surface area (Å²) in [5, 5.41) is 5.50. The normalized spacial score (nSPS) is 18.6. The number of carbonyl (C=O) groups excluding carboxylic acids is 2. The molecule has 1 fully saturated rings. The topological polar surface area (TPSA) is 67.9 Å². The van der Waals surface area contributed by atoms with Crippen LogP contribution in [0.2, 0.25) is 0 Å². The van der Waals surface area contributed by atoms with E-state index in [0.717, 1.165) is 45.6 Å². The van der Waals surface area contributed by atoms with Crippen LogP contribution in [0.3, 0.4) is 0 Å². The second-order valence-corrected chi connectivity index (χ2v) is 7.88. The van der Waals surface area contributed by atoms with Crippen LogP contribution >= 0.6 is 0 Å². The van der Waals surface area contributed by atoms with E-state index < -0.39 is 11.8 Å². The van der Waals surface area contributed by atoms with Crippen molar-refractivity contribution in [2.24, 2.45) is 0 Å². The summed E-state index contributed by atoms with van der Waals surface area (Å²) in [6.07, 6.45) is 1.87. The minimum Gasteiger partial charge on any atom is -0.374 e. The number of anilines is 1. The first kappa shape index (κ1) is 20.6. The fourth-order valence-corrected chi connectivity index (χ4v) is 3.97. The van der Waals surface area contributed by atoms with Crippen molar-refractivity contribution in [1.29, 1.82) is 0 Å². The lowest BCUT2D eigenvalue weighted by Gasteiger charge is -2.38. The maximum Gasteiger partial charge on any atom is 0.309 e. The van der Waals surface area contributed by atoms with Crippen molar-refractivity contribution in [3.63, 3.8) is 0 Å². The summed E-state index contributed by atoms with van der Waals surface area (Å²) in [5.41, 5.74) is 3.88. The molecule has 1 aromatic carbocycles. The van der Waals surface area contributed by atoms with Gasteiger partial charge < -0.3 is 20.4 Å². The Labute approximate surface area is 168 Å². The summed E-state index contributed by atoms with van der Waals surface area (Å²) < 4.78 is 0.